The SMILES string of the molecule is O=C(CS(=O)(=O)CC1CCCC1)c1cc(Cl)ccc1Cl. The number of rotatable bonds is 5. The summed E-state index contributed by atoms with van der Waals surface area (Å²) in [6.07, 6.45) is 4.03. The first kappa shape index (κ1) is 15.8. The number of hydrogen-bond acceptors (Lipinski definition) is 3. The molecule has 0 radical (unpaired) electrons. The third-order valence-electron chi connectivity index (χ3n) is 3.54. The van der Waals surface area contributed by atoms with Gasteiger partial charge in [0.05, 0.1) is 10.8 Å². The second-order valence-electron chi connectivity index (χ2n) is 5.25. The maximum Gasteiger partial charge on any atom is 0.179 e. The highest BCUT2D eigenvalue weighted by atomic mass is 35.5. The Kier molecular flexibility index (Phi) is 5.10. The zero-order chi connectivity index (χ0) is 14.8. The van der Waals surface area contributed by atoms with Crippen LogP contribution >= 0.6 is 23.2 Å². The summed E-state index contributed by atoms with van der Waals surface area (Å²) in [6.45, 7) is 0. The van der Waals surface area contributed by atoms with Crippen molar-refractivity contribution in [1.29, 1.82) is 0 Å². The van der Waals surface area contributed by atoms with Gasteiger partial charge in [0.1, 0.15) is 5.75 Å². The summed E-state index contributed by atoms with van der Waals surface area (Å²) < 4.78 is 24.1. The molecular formula is C14H16Cl2O3S. The van der Waals surface area contributed by atoms with Gasteiger partial charge in [-0.1, -0.05) is 36.0 Å². The second-order valence-corrected chi connectivity index (χ2v) is 8.21. The lowest BCUT2D eigenvalue weighted by atomic mass is 10.1. The summed E-state index contributed by atoms with van der Waals surface area (Å²) in [5, 5.41) is 0.599. The number of carbonyl (C=O) groups excluding carboxylic acids is 1. The van der Waals surface area contributed by atoms with E-state index in [0.717, 1.165) is 25.7 Å². The van der Waals surface area contributed by atoms with Crippen LogP contribution in [0.3, 0.4) is 0 Å². The van der Waals surface area contributed by atoms with Crippen molar-refractivity contribution in [1.82, 2.24) is 0 Å². The number of Topliss-reactive ketones (excluding diaryl/α,β-unsaturated/α-hetero) is 1. The molecule has 0 unspecified atom stereocenters. The molecule has 1 aromatic rings. The van der Waals surface area contributed by atoms with Crippen LogP contribution in [-0.4, -0.2) is 25.7 Å². The zero-order valence-corrected chi connectivity index (χ0v) is 13.3. The topological polar surface area (TPSA) is 51.2 Å². The van der Waals surface area contributed by atoms with Crippen molar-refractivity contribution in [3.8, 4) is 0 Å². The molecule has 1 aliphatic carbocycles. The highest BCUT2D eigenvalue weighted by Gasteiger charge is 2.26. The van der Waals surface area contributed by atoms with Gasteiger partial charge in [-0.05, 0) is 37.0 Å². The first-order valence-electron chi connectivity index (χ1n) is 6.56. The van der Waals surface area contributed by atoms with E-state index in [1.807, 2.05) is 0 Å². The van der Waals surface area contributed by atoms with Crippen LogP contribution in [0.2, 0.25) is 10.0 Å². The summed E-state index contributed by atoms with van der Waals surface area (Å²) in [7, 11) is -3.39. The molecule has 0 amide bonds. The van der Waals surface area contributed by atoms with Gasteiger partial charge < -0.3 is 0 Å². The normalized spacial score (nSPS) is 16.5. The quantitative estimate of drug-likeness (QED) is 0.770. The van der Waals surface area contributed by atoms with Crippen molar-refractivity contribution in [2.45, 2.75) is 25.7 Å². The number of ketones is 1. The minimum atomic E-state index is -3.39. The van der Waals surface area contributed by atoms with E-state index in [1.54, 1.807) is 6.07 Å². The molecule has 0 heterocycles. The molecule has 110 valence electrons. The Morgan fingerprint density at radius 2 is 1.85 bits per heavy atom. The molecule has 1 fully saturated rings. The van der Waals surface area contributed by atoms with Gasteiger partial charge in [0, 0.05) is 10.6 Å². The van der Waals surface area contributed by atoms with Gasteiger partial charge in [0.15, 0.2) is 15.6 Å². The third-order valence-corrected chi connectivity index (χ3v) is 5.79. The van der Waals surface area contributed by atoms with Gasteiger partial charge in [-0.2, -0.15) is 0 Å². The predicted octanol–water partition coefficient (Wildman–Crippen LogP) is 3.78. The molecule has 0 aliphatic heterocycles. The summed E-state index contributed by atoms with van der Waals surface area (Å²) in [6, 6.07) is 4.48. The van der Waals surface area contributed by atoms with E-state index in [9.17, 15) is 13.2 Å². The van der Waals surface area contributed by atoms with Gasteiger partial charge in [0.2, 0.25) is 0 Å². The number of sulfone groups is 1. The lowest BCUT2D eigenvalue weighted by molar-refractivity contribution is 0.102. The maximum atomic E-state index is 12.1. The maximum absolute atomic E-state index is 12.1. The third kappa shape index (κ3) is 4.21. The summed E-state index contributed by atoms with van der Waals surface area (Å²) in [4.78, 5) is 12.1. The van der Waals surface area contributed by atoms with Crippen LogP contribution in [0, 0.1) is 5.92 Å². The summed E-state index contributed by atoms with van der Waals surface area (Å²) in [5.74, 6) is -0.696. The molecule has 3 nitrogen and oxygen atoms in total. The molecule has 1 aromatic carbocycles. The smallest absolute Gasteiger partial charge is 0.179 e. The van der Waals surface area contributed by atoms with Crippen molar-refractivity contribution >= 4 is 38.8 Å². The highest BCUT2D eigenvalue weighted by Crippen LogP contribution is 2.27. The monoisotopic (exact) mass is 334 g/mol. The molecule has 20 heavy (non-hydrogen) atoms. The van der Waals surface area contributed by atoms with E-state index >= 15 is 0 Å². The number of benzene rings is 1. The standard InChI is InChI=1S/C14H16Cl2O3S/c15-11-5-6-13(16)12(7-11)14(17)9-20(18,19)8-10-3-1-2-4-10/h5-7,10H,1-4,8-9H2. The van der Waals surface area contributed by atoms with Crippen LogP contribution in [0.15, 0.2) is 18.2 Å². The van der Waals surface area contributed by atoms with Crippen LogP contribution in [0.5, 0.6) is 0 Å². The Morgan fingerprint density at radius 1 is 1.20 bits per heavy atom. The molecule has 0 spiro atoms. The fourth-order valence-electron chi connectivity index (χ4n) is 2.58. The Morgan fingerprint density at radius 3 is 2.50 bits per heavy atom. The zero-order valence-electron chi connectivity index (χ0n) is 10.9. The van der Waals surface area contributed by atoms with Gasteiger partial charge >= 0.3 is 0 Å². The second kappa shape index (κ2) is 6.46. The molecular weight excluding hydrogens is 319 g/mol. The predicted molar refractivity (Wildman–Crippen MR) is 81.4 cm³/mol. The molecule has 0 N–H and O–H groups in total. The molecule has 1 saturated carbocycles. The fourth-order valence-corrected chi connectivity index (χ4v) is 4.70. The minimum Gasteiger partial charge on any atom is -0.293 e. The highest BCUT2D eigenvalue weighted by molar-refractivity contribution is 7.92. The Balaban J connectivity index is 2.08. The number of hydrogen-bond donors (Lipinski definition) is 0. The Labute approximate surface area is 129 Å². The van der Waals surface area contributed by atoms with Gasteiger partial charge in [-0.15, -0.1) is 0 Å². The van der Waals surface area contributed by atoms with Crippen molar-refractivity contribution < 1.29 is 13.2 Å². The van der Waals surface area contributed by atoms with Crippen molar-refractivity contribution in [2.24, 2.45) is 5.92 Å². The lowest BCUT2D eigenvalue weighted by Gasteiger charge is -2.10. The van der Waals surface area contributed by atoms with E-state index in [4.69, 9.17) is 23.2 Å². The fraction of sp³-hybridized carbons (Fsp3) is 0.500. The molecule has 0 bridgehead atoms. The average molecular weight is 335 g/mol. The van der Waals surface area contributed by atoms with Crippen molar-refractivity contribution in [3.05, 3.63) is 33.8 Å². The molecule has 6 heteroatoms. The first-order chi connectivity index (χ1) is 9.37. The van der Waals surface area contributed by atoms with Gasteiger partial charge in [0.25, 0.3) is 0 Å². The van der Waals surface area contributed by atoms with Crippen molar-refractivity contribution in [2.75, 3.05) is 11.5 Å². The van der Waals surface area contributed by atoms with E-state index < -0.39 is 21.4 Å². The van der Waals surface area contributed by atoms with Crippen LogP contribution in [0.1, 0.15) is 36.0 Å². The van der Waals surface area contributed by atoms with E-state index in [0.29, 0.717) is 5.02 Å². The Bertz CT molecular complexity index is 605. The summed E-state index contributed by atoms with van der Waals surface area (Å²) >= 11 is 11.7. The number of halogens is 2. The van der Waals surface area contributed by atoms with E-state index in [1.165, 1.54) is 12.1 Å². The Hall–Kier alpha value is -0.580. The van der Waals surface area contributed by atoms with Crippen molar-refractivity contribution in [3.63, 3.8) is 0 Å². The van der Waals surface area contributed by atoms with Gasteiger partial charge in [-0.3, -0.25) is 4.79 Å². The summed E-state index contributed by atoms with van der Waals surface area (Å²) in [5.41, 5.74) is 0.175. The van der Waals surface area contributed by atoms with Crippen LogP contribution in [-0.2, 0) is 9.84 Å². The van der Waals surface area contributed by atoms with Gasteiger partial charge in [-0.25, -0.2) is 8.42 Å². The van der Waals surface area contributed by atoms with Crippen LogP contribution in [0.4, 0.5) is 0 Å². The van der Waals surface area contributed by atoms with E-state index in [-0.39, 0.29) is 22.3 Å². The van der Waals surface area contributed by atoms with E-state index in [2.05, 4.69) is 0 Å². The van der Waals surface area contributed by atoms with Crippen LogP contribution < -0.4 is 0 Å². The molecule has 0 aromatic heterocycles. The molecule has 0 atom stereocenters. The van der Waals surface area contributed by atoms with Crippen LogP contribution in [0.25, 0.3) is 0 Å². The molecule has 2 rings (SSSR count). The minimum absolute atomic E-state index is 0.0942. The molecule has 0 saturated heterocycles. The lowest BCUT2D eigenvalue weighted by Crippen LogP contribution is -2.22. The number of carbonyl (C=O) groups is 1. The average Bonchev–Trinajstić information content (AvgIpc) is 2.83. The molecule has 1 aliphatic rings. The largest absolute Gasteiger partial charge is 0.293 e. The first-order valence-corrected chi connectivity index (χ1v) is 9.14.